The number of epoxide rings is 1. The number of hydrogen-bond acceptors (Lipinski definition) is 3. The monoisotopic (exact) mass is 196 g/mol. The molecule has 0 aliphatic carbocycles. The predicted molar refractivity (Wildman–Crippen MR) is 55.0 cm³/mol. The van der Waals surface area contributed by atoms with Crippen LogP contribution in [0, 0.1) is 11.3 Å². The fourth-order valence-electron chi connectivity index (χ4n) is 1.82. The zero-order valence-corrected chi connectivity index (χ0v) is 7.92. The molecule has 72 valence electrons. The summed E-state index contributed by atoms with van der Waals surface area (Å²) in [5.41, 5.74) is 2.01. The van der Waals surface area contributed by atoms with Gasteiger partial charge in [0.2, 0.25) is 0 Å². The molecule has 0 amide bonds. The number of fused-ring (bicyclic) bond motifs is 1. The summed E-state index contributed by atoms with van der Waals surface area (Å²) >= 11 is 0. The number of ether oxygens (including phenoxy) is 1. The molecule has 0 bridgehead atoms. The Morgan fingerprint density at radius 3 is 3.00 bits per heavy atom. The second-order valence-corrected chi connectivity index (χ2v) is 3.52. The summed E-state index contributed by atoms with van der Waals surface area (Å²) < 4.78 is 5.27. The van der Waals surface area contributed by atoms with E-state index < -0.39 is 0 Å². The van der Waals surface area contributed by atoms with Crippen molar-refractivity contribution in [2.75, 3.05) is 0 Å². The van der Waals surface area contributed by atoms with Crippen molar-refractivity contribution >= 4 is 10.9 Å². The van der Waals surface area contributed by atoms with E-state index in [1.165, 1.54) is 0 Å². The molecule has 1 fully saturated rings. The van der Waals surface area contributed by atoms with Gasteiger partial charge in [0.1, 0.15) is 6.10 Å². The Balaban J connectivity index is 2.16. The third-order valence-corrected chi connectivity index (χ3v) is 2.60. The van der Waals surface area contributed by atoms with Crippen LogP contribution in [-0.2, 0) is 4.74 Å². The average Bonchev–Trinajstić information content (AvgIpc) is 3.07. The number of benzene rings is 1. The van der Waals surface area contributed by atoms with E-state index in [0.29, 0.717) is 0 Å². The Bertz CT molecular complexity index is 554. The number of aromatic nitrogens is 1. The van der Waals surface area contributed by atoms with Gasteiger partial charge in [-0.1, -0.05) is 18.2 Å². The van der Waals surface area contributed by atoms with Crippen LogP contribution in [0.15, 0.2) is 36.5 Å². The maximum absolute atomic E-state index is 8.72. The molecule has 2 atom stereocenters. The molecule has 0 radical (unpaired) electrons. The lowest BCUT2D eigenvalue weighted by Gasteiger charge is -2.01. The Labute approximate surface area is 86.9 Å². The van der Waals surface area contributed by atoms with Gasteiger partial charge in [-0.05, 0) is 17.7 Å². The quantitative estimate of drug-likeness (QED) is 0.657. The summed E-state index contributed by atoms with van der Waals surface area (Å²) in [5, 5.41) is 9.79. The van der Waals surface area contributed by atoms with E-state index >= 15 is 0 Å². The van der Waals surface area contributed by atoms with Gasteiger partial charge in [-0.3, -0.25) is 4.98 Å². The van der Waals surface area contributed by atoms with Gasteiger partial charge in [-0.2, -0.15) is 5.26 Å². The summed E-state index contributed by atoms with van der Waals surface area (Å²) in [6.45, 7) is 0. The first kappa shape index (κ1) is 8.39. The van der Waals surface area contributed by atoms with Crippen molar-refractivity contribution in [3.8, 4) is 6.07 Å². The molecule has 3 rings (SSSR count). The number of nitriles is 1. The molecule has 1 aliphatic rings. The van der Waals surface area contributed by atoms with E-state index in [1.807, 2.05) is 30.3 Å². The maximum atomic E-state index is 8.72. The van der Waals surface area contributed by atoms with Gasteiger partial charge in [0.25, 0.3) is 0 Å². The summed E-state index contributed by atoms with van der Waals surface area (Å²) in [5.74, 6) is 0. The van der Waals surface area contributed by atoms with Crippen LogP contribution in [0.2, 0.25) is 0 Å². The number of rotatable bonds is 1. The Kier molecular flexibility index (Phi) is 1.70. The van der Waals surface area contributed by atoms with Gasteiger partial charge in [0.05, 0.1) is 11.6 Å². The van der Waals surface area contributed by atoms with Crippen LogP contribution in [0.25, 0.3) is 10.9 Å². The van der Waals surface area contributed by atoms with Crippen LogP contribution >= 0.6 is 0 Å². The molecule has 1 aliphatic heterocycles. The summed E-state index contributed by atoms with van der Waals surface area (Å²) in [4.78, 5) is 4.26. The minimum absolute atomic E-state index is 0.0668. The molecule has 0 N–H and O–H groups in total. The van der Waals surface area contributed by atoms with Gasteiger partial charge < -0.3 is 4.74 Å². The standard InChI is InChI=1S/C12H8N2O/c13-7-11-12(15-11)9-3-1-5-10-8(9)4-2-6-14-10/h1-6,11-12H. The molecule has 2 aromatic rings. The van der Waals surface area contributed by atoms with Crippen LogP contribution in [0.1, 0.15) is 11.7 Å². The van der Waals surface area contributed by atoms with Crippen LogP contribution in [0.4, 0.5) is 0 Å². The highest BCUT2D eigenvalue weighted by molar-refractivity contribution is 5.82. The Morgan fingerprint density at radius 1 is 1.27 bits per heavy atom. The molecular weight excluding hydrogens is 188 g/mol. The SMILES string of the molecule is N#CC1OC1c1cccc2ncccc12. The van der Waals surface area contributed by atoms with Gasteiger partial charge in [-0.25, -0.2) is 0 Å². The fraction of sp³-hybridized carbons (Fsp3) is 0.167. The molecule has 1 aromatic carbocycles. The van der Waals surface area contributed by atoms with E-state index in [1.54, 1.807) is 6.20 Å². The lowest BCUT2D eigenvalue weighted by atomic mass is 10.0. The number of nitrogens with zero attached hydrogens (tertiary/aromatic N) is 2. The second kappa shape index (κ2) is 3.04. The van der Waals surface area contributed by atoms with E-state index in [4.69, 9.17) is 10.00 Å². The third kappa shape index (κ3) is 1.27. The first-order valence-corrected chi connectivity index (χ1v) is 4.79. The smallest absolute Gasteiger partial charge is 0.175 e. The third-order valence-electron chi connectivity index (χ3n) is 2.60. The molecule has 3 heteroatoms. The van der Waals surface area contributed by atoms with Crippen molar-refractivity contribution in [2.24, 2.45) is 0 Å². The lowest BCUT2D eigenvalue weighted by Crippen LogP contribution is -1.88. The van der Waals surface area contributed by atoms with Crippen LogP contribution < -0.4 is 0 Å². The minimum Gasteiger partial charge on any atom is -0.348 e. The number of pyridine rings is 1. The predicted octanol–water partition coefficient (Wildman–Crippen LogP) is 2.20. The molecule has 15 heavy (non-hydrogen) atoms. The normalized spacial score (nSPS) is 23.7. The first-order valence-electron chi connectivity index (χ1n) is 4.79. The van der Waals surface area contributed by atoms with Gasteiger partial charge in [0, 0.05) is 11.6 Å². The van der Waals surface area contributed by atoms with Crippen molar-refractivity contribution < 1.29 is 4.74 Å². The van der Waals surface area contributed by atoms with E-state index in [-0.39, 0.29) is 12.2 Å². The molecule has 1 aromatic heterocycles. The van der Waals surface area contributed by atoms with E-state index in [0.717, 1.165) is 16.5 Å². The molecule has 0 saturated carbocycles. The lowest BCUT2D eigenvalue weighted by molar-refractivity contribution is 0.397. The zero-order chi connectivity index (χ0) is 10.3. The minimum atomic E-state index is -0.282. The molecule has 3 nitrogen and oxygen atoms in total. The molecule has 2 unspecified atom stereocenters. The number of hydrogen-bond donors (Lipinski definition) is 0. The topological polar surface area (TPSA) is 49.2 Å². The van der Waals surface area contributed by atoms with Gasteiger partial charge in [-0.15, -0.1) is 0 Å². The van der Waals surface area contributed by atoms with Crippen molar-refractivity contribution in [1.82, 2.24) is 4.98 Å². The second-order valence-electron chi connectivity index (χ2n) is 3.52. The van der Waals surface area contributed by atoms with Crippen molar-refractivity contribution in [3.63, 3.8) is 0 Å². The van der Waals surface area contributed by atoms with Crippen LogP contribution in [-0.4, -0.2) is 11.1 Å². The van der Waals surface area contributed by atoms with Gasteiger partial charge >= 0.3 is 0 Å². The molecule has 1 saturated heterocycles. The van der Waals surface area contributed by atoms with Crippen LogP contribution in [0.5, 0.6) is 0 Å². The summed E-state index contributed by atoms with van der Waals surface area (Å²) in [6.07, 6.45) is 1.42. The van der Waals surface area contributed by atoms with E-state index in [9.17, 15) is 0 Å². The molecular formula is C12H8N2O. The highest BCUT2D eigenvalue weighted by Gasteiger charge is 2.41. The van der Waals surface area contributed by atoms with Crippen LogP contribution in [0.3, 0.4) is 0 Å². The largest absolute Gasteiger partial charge is 0.348 e. The highest BCUT2D eigenvalue weighted by atomic mass is 16.6. The summed E-state index contributed by atoms with van der Waals surface area (Å²) in [7, 11) is 0. The van der Waals surface area contributed by atoms with E-state index in [2.05, 4.69) is 11.1 Å². The maximum Gasteiger partial charge on any atom is 0.175 e. The zero-order valence-electron chi connectivity index (χ0n) is 7.92. The fourth-order valence-corrected chi connectivity index (χ4v) is 1.82. The van der Waals surface area contributed by atoms with Crippen molar-refractivity contribution in [2.45, 2.75) is 12.2 Å². The summed E-state index contributed by atoms with van der Waals surface area (Å²) in [6, 6.07) is 11.9. The van der Waals surface area contributed by atoms with Gasteiger partial charge in [0.15, 0.2) is 6.10 Å². The Morgan fingerprint density at radius 2 is 2.20 bits per heavy atom. The molecule has 2 heterocycles. The highest BCUT2D eigenvalue weighted by Crippen LogP contribution is 2.40. The Hall–Kier alpha value is -1.92. The molecule has 0 spiro atoms. The first-order chi connectivity index (χ1) is 7.40. The van der Waals surface area contributed by atoms with Crippen molar-refractivity contribution in [1.29, 1.82) is 5.26 Å². The van der Waals surface area contributed by atoms with Crippen molar-refractivity contribution in [3.05, 3.63) is 42.1 Å². The average molecular weight is 196 g/mol.